The normalized spacial score (nSPS) is 10.3. The number of rotatable bonds is 6. The van der Waals surface area contributed by atoms with Gasteiger partial charge in [0.2, 0.25) is 0 Å². The lowest BCUT2D eigenvalue weighted by Gasteiger charge is -2.04. The van der Waals surface area contributed by atoms with Crippen molar-refractivity contribution in [2.75, 3.05) is 0 Å². The van der Waals surface area contributed by atoms with Crippen LogP contribution in [0.1, 0.15) is 16.7 Å². The van der Waals surface area contributed by atoms with Crippen LogP contribution in [0.15, 0.2) is 48.5 Å². The second-order valence-corrected chi connectivity index (χ2v) is 5.90. The fourth-order valence-electron chi connectivity index (χ4n) is 1.77. The largest absolute Gasteiger partial charge is 0.389 e. The minimum Gasteiger partial charge on any atom is -0.389 e. The number of thiocarbonyl (C=S) groups is 1. The van der Waals surface area contributed by atoms with Crippen LogP contribution in [0, 0.1) is 10.1 Å². The molecule has 0 amide bonds. The van der Waals surface area contributed by atoms with Gasteiger partial charge < -0.3 is 5.73 Å². The second kappa shape index (κ2) is 7.19. The summed E-state index contributed by atoms with van der Waals surface area (Å²) in [6.45, 7) is 0. The molecule has 2 N–H and O–H groups in total. The first kappa shape index (κ1) is 15.5. The second-order valence-electron chi connectivity index (χ2n) is 4.48. The lowest BCUT2D eigenvalue weighted by molar-refractivity contribution is -0.384. The van der Waals surface area contributed by atoms with Crippen LogP contribution >= 0.6 is 24.0 Å². The molecule has 2 aromatic rings. The van der Waals surface area contributed by atoms with Gasteiger partial charge in [0, 0.05) is 29.2 Å². The molecule has 0 saturated heterocycles. The van der Waals surface area contributed by atoms with Crippen LogP contribution in [0.3, 0.4) is 0 Å². The van der Waals surface area contributed by atoms with Crippen LogP contribution in [-0.4, -0.2) is 9.91 Å². The number of nitrogens with zero attached hydrogens (tertiary/aromatic N) is 1. The van der Waals surface area contributed by atoms with Gasteiger partial charge in [-0.1, -0.05) is 48.6 Å². The third-order valence-corrected chi connectivity index (χ3v) is 4.23. The fourth-order valence-corrected chi connectivity index (χ4v) is 2.86. The molecule has 4 nitrogen and oxygen atoms in total. The summed E-state index contributed by atoms with van der Waals surface area (Å²) in [5.41, 5.74) is 8.81. The van der Waals surface area contributed by atoms with Crippen LogP contribution in [0.2, 0.25) is 0 Å². The van der Waals surface area contributed by atoms with E-state index in [2.05, 4.69) is 0 Å². The third-order valence-electron chi connectivity index (χ3n) is 2.92. The molecule has 0 fully saturated rings. The van der Waals surface area contributed by atoms with Crippen molar-refractivity contribution in [3.63, 3.8) is 0 Å². The van der Waals surface area contributed by atoms with Crippen LogP contribution < -0.4 is 5.73 Å². The van der Waals surface area contributed by atoms with E-state index in [4.69, 9.17) is 18.0 Å². The average Bonchev–Trinajstić information content (AvgIpc) is 2.48. The summed E-state index contributed by atoms with van der Waals surface area (Å²) >= 11 is 6.66. The highest BCUT2D eigenvalue weighted by molar-refractivity contribution is 7.97. The zero-order chi connectivity index (χ0) is 15.2. The van der Waals surface area contributed by atoms with Crippen LogP contribution in [0.4, 0.5) is 5.69 Å². The van der Waals surface area contributed by atoms with Crippen LogP contribution in [0.25, 0.3) is 0 Å². The Morgan fingerprint density at radius 3 is 1.95 bits per heavy atom. The Balaban J connectivity index is 1.86. The number of nitro groups is 1. The molecule has 21 heavy (non-hydrogen) atoms. The number of non-ortho nitro benzene ring substituents is 1. The summed E-state index contributed by atoms with van der Waals surface area (Å²) in [5.74, 6) is 1.68. The summed E-state index contributed by atoms with van der Waals surface area (Å²) in [4.78, 5) is 10.6. The molecule has 2 rings (SSSR count). The molecule has 0 aliphatic carbocycles. The highest BCUT2D eigenvalue weighted by atomic mass is 32.2. The van der Waals surface area contributed by atoms with E-state index in [9.17, 15) is 10.1 Å². The summed E-state index contributed by atoms with van der Waals surface area (Å²) in [6, 6.07) is 14.5. The summed E-state index contributed by atoms with van der Waals surface area (Å²) in [7, 11) is 0. The average molecular weight is 318 g/mol. The monoisotopic (exact) mass is 318 g/mol. The molecule has 6 heteroatoms. The number of hydrogen-bond donors (Lipinski definition) is 1. The molecule has 0 radical (unpaired) electrons. The van der Waals surface area contributed by atoms with Crippen molar-refractivity contribution >= 4 is 34.7 Å². The molecule has 0 bridgehead atoms. The van der Waals surface area contributed by atoms with Gasteiger partial charge in [-0.15, -0.1) is 0 Å². The lowest BCUT2D eigenvalue weighted by Crippen LogP contribution is -2.08. The Bertz CT molecular complexity index is 582. The van der Waals surface area contributed by atoms with Gasteiger partial charge in [0.25, 0.3) is 5.69 Å². The molecule has 0 aliphatic rings. The highest BCUT2D eigenvalue weighted by Crippen LogP contribution is 2.20. The predicted octanol–water partition coefficient (Wildman–Crippen LogP) is 3.66. The van der Waals surface area contributed by atoms with Crippen molar-refractivity contribution in [1.29, 1.82) is 0 Å². The molecular weight excluding hydrogens is 304 g/mol. The van der Waals surface area contributed by atoms with Gasteiger partial charge in [0.05, 0.1) is 4.92 Å². The Hall–Kier alpha value is -1.92. The first-order chi connectivity index (χ1) is 10.1. The van der Waals surface area contributed by atoms with Crippen molar-refractivity contribution in [2.24, 2.45) is 5.73 Å². The van der Waals surface area contributed by atoms with Crippen molar-refractivity contribution in [3.05, 3.63) is 75.3 Å². The summed E-state index contributed by atoms with van der Waals surface area (Å²) < 4.78 is 0. The third kappa shape index (κ3) is 4.54. The summed E-state index contributed by atoms with van der Waals surface area (Å²) in [6.07, 6.45) is 0. The van der Waals surface area contributed by atoms with E-state index >= 15 is 0 Å². The fraction of sp³-hybridized carbons (Fsp3) is 0.133. The Kier molecular flexibility index (Phi) is 5.30. The standard InChI is InChI=1S/C15H14N2O2S2/c16-15(20)13-5-1-11(2-6-13)9-21-10-12-3-7-14(8-4-12)17(18)19/h1-8H,9-10H2,(H2,16,20). The maximum absolute atomic E-state index is 10.6. The van der Waals surface area contributed by atoms with Gasteiger partial charge in [-0.05, 0) is 11.1 Å². The maximum atomic E-state index is 10.6. The predicted molar refractivity (Wildman–Crippen MR) is 90.4 cm³/mol. The van der Waals surface area contributed by atoms with Crippen molar-refractivity contribution in [3.8, 4) is 0 Å². The minimum absolute atomic E-state index is 0.122. The molecule has 0 saturated carbocycles. The Morgan fingerprint density at radius 1 is 1.05 bits per heavy atom. The van der Waals surface area contributed by atoms with Gasteiger partial charge >= 0.3 is 0 Å². The number of nitrogens with two attached hydrogens (primary N) is 1. The van der Waals surface area contributed by atoms with E-state index in [0.29, 0.717) is 4.99 Å². The molecule has 0 heterocycles. The van der Waals surface area contributed by atoms with E-state index in [1.165, 1.54) is 17.7 Å². The van der Waals surface area contributed by atoms with Gasteiger partial charge in [0.1, 0.15) is 4.99 Å². The molecule has 0 aliphatic heterocycles. The van der Waals surface area contributed by atoms with Crippen LogP contribution in [0.5, 0.6) is 0 Å². The zero-order valence-corrected chi connectivity index (χ0v) is 12.8. The first-order valence-electron chi connectivity index (χ1n) is 6.26. The topological polar surface area (TPSA) is 69.2 Å². The number of benzene rings is 2. The number of hydrogen-bond acceptors (Lipinski definition) is 4. The van der Waals surface area contributed by atoms with E-state index < -0.39 is 0 Å². The van der Waals surface area contributed by atoms with Gasteiger partial charge in [0.15, 0.2) is 0 Å². The van der Waals surface area contributed by atoms with Gasteiger partial charge in [-0.3, -0.25) is 10.1 Å². The molecule has 0 aromatic heterocycles. The molecule has 0 unspecified atom stereocenters. The number of nitro benzene ring substituents is 1. The molecule has 0 atom stereocenters. The van der Waals surface area contributed by atoms with Gasteiger partial charge in [-0.25, -0.2) is 0 Å². The van der Waals surface area contributed by atoms with E-state index in [1.807, 2.05) is 24.3 Å². The molecule has 0 spiro atoms. The van der Waals surface area contributed by atoms with E-state index in [0.717, 1.165) is 22.6 Å². The minimum atomic E-state index is -0.389. The molecule has 108 valence electrons. The lowest BCUT2D eigenvalue weighted by atomic mass is 10.1. The quantitative estimate of drug-likeness (QED) is 0.500. The van der Waals surface area contributed by atoms with E-state index in [-0.39, 0.29) is 10.6 Å². The van der Waals surface area contributed by atoms with E-state index in [1.54, 1.807) is 23.9 Å². The first-order valence-corrected chi connectivity index (χ1v) is 7.82. The molecular formula is C15H14N2O2S2. The van der Waals surface area contributed by atoms with Crippen LogP contribution in [-0.2, 0) is 11.5 Å². The van der Waals surface area contributed by atoms with Gasteiger partial charge in [-0.2, -0.15) is 11.8 Å². The van der Waals surface area contributed by atoms with Crippen molar-refractivity contribution < 1.29 is 4.92 Å². The van der Waals surface area contributed by atoms with Crippen molar-refractivity contribution in [2.45, 2.75) is 11.5 Å². The SMILES string of the molecule is NC(=S)c1ccc(CSCc2ccc([N+](=O)[O-])cc2)cc1. The Morgan fingerprint density at radius 2 is 1.52 bits per heavy atom. The Labute approximate surface area is 132 Å². The van der Waals surface area contributed by atoms with Crippen molar-refractivity contribution in [1.82, 2.24) is 0 Å². The smallest absolute Gasteiger partial charge is 0.269 e. The highest BCUT2D eigenvalue weighted by Gasteiger charge is 2.04. The summed E-state index contributed by atoms with van der Waals surface area (Å²) in [5, 5.41) is 10.6. The maximum Gasteiger partial charge on any atom is 0.269 e. The zero-order valence-electron chi connectivity index (χ0n) is 11.2. The molecule has 2 aromatic carbocycles. The number of thioether (sulfide) groups is 1.